The van der Waals surface area contributed by atoms with Crippen LogP contribution in [0.15, 0.2) is 30.7 Å². The summed E-state index contributed by atoms with van der Waals surface area (Å²) >= 11 is 0. The molecule has 2 aromatic heterocycles. The lowest BCUT2D eigenvalue weighted by atomic mass is 9.77. The first-order valence-electron chi connectivity index (χ1n) is 11.4. The van der Waals surface area contributed by atoms with Crippen molar-refractivity contribution in [2.24, 2.45) is 17.8 Å². The molecule has 0 aromatic carbocycles. The van der Waals surface area contributed by atoms with Crippen LogP contribution in [-0.4, -0.2) is 69.7 Å². The molecule has 2 aliphatic carbocycles. The van der Waals surface area contributed by atoms with Crippen LogP contribution in [0.25, 0.3) is 0 Å². The number of fused-ring (bicyclic) bond motifs is 1. The van der Waals surface area contributed by atoms with Gasteiger partial charge in [-0.15, -0.1) is 5.10 Å². The molecular formula is C23H34N6O. The third-order valence-corrected chi connectivity index (χ3v) is 6.93. The van der Waals surface area contributed by atoms with Gasteiger partial charge in [0.2, 0.25) is 0 Å². The normalized spacial score (nSPS) is 29.4. The summed E-state index contributed by atoms with van der Waals surface area (Å²) < 4.78 is 8.61. The van der Waals surface area contributed by atoms with E-state index in [4.69, 9.17) is 4.74 Å². The standard InChI is InChI=1S/C23H34N6O/c1-27(2)14-21-15-29(26-25-21)22-9-19-12-28(11-17-5-7-24-8-6-17)13-20(19)10-23(22)30-16-18-3-4-18/h5-8,15,18-20,22-23H,3-4,9-14,16H2,1-2H3/t19-,20+,22-,23-/m1/s1. The second kappa shape index (κ2) is 8.73. The molecule has 0 unspecified atom stereocenters. The van der Waals surface area contributed by atoms with E-state index in [2.05, 4.69) is 62.2 Å². The minimum absolute atomic E-state index is 0.252. The third-order valence-electron chi connectivity index (χ3n) is 6.93. The summed E-state index contributed by atoms with van der Waals surface area (Å²) in [6, 6.07) is 4.57. The fraction of sp³-hybridized carbons (Fsp3) is 0.696. The van der Waals surface area contributed by atoms with Gasteiger partial charge < -0.3 is 9.64 Å². The van der Waals surface area contributed by atoms with Crippen molar-refractivity contribution in [2.75, 3.05) is 33.8 Å². The Morgan fingerprint density at radius 3 is 2.60 bits per heavy atom. The number of nitrogens with zero attached hydrogens (tertiary/aromatic N) is 6. The summed E-state index contributed by atoms with van der Waals surface area (Å²) in [7, 11) is 4.14. The number of rotatable bonds is 8. The van der Waals surface area contributed by atoms with Gasteiger partial charge in [-0.3, -0.25) is 9.88 Å². The maximum Gasteiger partial charge on any atom is 0.0967 e. The molecule has 1 aliphatic heterocycles. The zero-order chi connectivity index (χ0) is 20.5. The third kappa shape index (κ3) is 4.74. The Kier molecular flexibility index (Phi) is 5.85. The molecule has 3 aliphatic rings. The van der Waals surface area contributed by atoms with Crippen LogP contribution in [0.4, 0.5) is 0 Å². The van der Waals surface area contributed by atoms with Gasteiger partial charge in [0.25, 0.3) is 0 Å². The number of likely N-dealkylation sites (tertiary alicyclic amines) is 1. The minimum atomic E-state index is 0.252. The monoisotopic (exact) mass is 410 g/mol. The van der Waals surface area contributed by atoms with Gasteiger partial charge in [0.15, 0.2) is 0 Å². The predicted molar refractivity (Wildman–Crippen MR) is 115 cm³/mol. The number of aromatic nitrogens is 4. The van der Waals surface area contributed by atoms with Crippen LogP contribution in [0.1, 0.15) is 43.0 Å². The molecule has 0 spiro atoms. The van der Waals surface area contributed by atoms with Crippen molar-refractivity contribution < 1.29 is 4.74 Å². The molecule has 1 saturated heterocycles. The zero-order valence-corrected chi connectivity index (χ0v) is 18.2. The number of hydrogen-bond acceptors (Lipinski definition) is 6. The molecule has 7 heteroatoms. The van der Waals surface area contributed by atoms with E-state index in [-0.39, 0.29) is 6.10 Å². The van der Waals surface area contributed by atoms with E-state index in [0.717, 1.165) is 56.6 Å². The fourth-order valence-electron chi connectivity index (χ4n) is 5.24. The highest BCUT2D eigenvalue weighted by Gasteiger charge is 2.44. The predicted octanol–water partition coefficient (Wildman–Crippen LogP) is 2.61. The SMILES string of the molecule is CN(C)Cc1cn([C@@H]2C[C@@H]3CN(Cc4ccncc4)C[C@@H]3C[C@H]2OCC2CC2)nn1. The van der Waals surface area contributed by atoms with Crippen molar-refractivity contribution in [2.45, 2.75) is 50.9 Å². The van der Waals surface area contributed by atoms with Gasteiger partial charge in [-0.25, -0.2) is 4.68 Å². The van der Waals surface area contributed by atoms with Crippen LogP contribution < -0.4 is 0 Å². The molecule has 3 heterocycles. The molecule has 0 amide bonds. The van der Waals surface area contributed by atoms with Crippen molar-refractivity contribution in [3.05, 3.63) is 42.0 Å². The largest absolute Gasteiger partial charge is 0.376 e. The number of pyridine rings is 1. The van der Waals surface area contributed by atoms with Gasteiger partial charge in [0.05, 0.1) is 24.0 Å². The van der Waals surface area contributed by atoms with Crippen molar-refractivity contribution >= 4 is 0 Å². The Hall–Kier alpha value is -1.83. The Labute approximate surface area is 179 Å². The summed E-state index contributed by atoms with van der Waals surface area (Å²) in [6.07, 6.45) is 11.1. The first-order valence-corrected chi connectivity index (χ1v) is 11.4. The number of hydrogen-bond donors (Lipinski definition) is 0. The molecule has 0 radical (unpaired) electrons. The molecular weight excluding hydrogens is 376 g/mol. The molecule has 162 valence electrons. The quantitative estimate of drug-likeness (QED) is 0.667. The molecule has 30 heavy (non-hydrogen) atoms. The Morgan fingerprint density at radius 1 is 1.10 bits per heavy atom. The van der Waals surface area contributed by atoms with Gasteiger partial charge in [0.1, 0.15) is 0 Å². The molecule has 2 aromatic rings. The topological polar surface area (TPSA) is 59.3 Å². The van der Waals surface area contributed by atoms with Crippen molar-refractivity contribution in [3.8, 4) is 0 Å². The first kappa shape index (κ1) is 20.1. The van der Waals surface area contributed by atoms with E-state index < -0.39 is 0 Å². The highest BCUT2D eigenvalue weighted by Crippen LogP contribution is 2.43. The van der Waals surface area contributed by atoms with Crippen molar-refractivity contribution in [1.82, 2.24) is 29.8 Å². The smallest absolute Gasteiger partial charge is 0.0967 e. The molecule has 2 saturated carbocycles. The first-order chi connectivity index (χ1) is 14.6. The number of ether oxygens (including phenoxy) is 1. The highest BCUT2D eigenvalue weighted by molar-refractivity contribution is 5.10. The van der Waals surface area contributed by atoms with Crippen LogP contribution in [0.3, 0.4) is 0 Å². The summed E-state index contributed by atoms with van der Waals surface area (Å²) in [5.41, 5.74) is 2.39. The summed E-state index contributed by atoms with van der Waals surface area (Å²) in [5, 5.41) is 8.96. The van der Waals surface area contributed by atoms with Crippen LogP contribution in [-0.2, 0) is 17.8 Å². The molecule has 5 rings (SSSR count). The highest BCUT2D eigenvalue weighted by atomic mass is 16.5. The Morgan fingerprint density at radius 2 is 1.87 bits per heavy atom. The van der Waals surface area contributed by atoms with Crippen LogP contribution >= 0.6 is 0 Å². The fourth-order valence-corrected chi connectivity index (χ4v) is 5.24. The summed E-state index contributed by atoms with van der Waals surface area (Å²) in [4.78, 5) is 8.91. The lowest BCUT2D eigenvalue weighted by molar-refractivity contribution is -0.0375. The Balaban J connectivity index is 1.28. The average molecular weight is 411 g/mol. The van der Waals surface area contributed by atoms with Gasteiger partial charge >= 0.3 is 0 Å². The molecule has 0 N–H and O–H groups in total. The molecule has 3 fully saturated rings. The van der Waals surface area contributed by atoms with E-state index in [9.17, 15) is 0 Å². The van der Waals surface area contributed by atoms with Gasteiger partial charge in [-0.1, -0.05) is 5.21 Å². The van der Waals surface area contributed by atoms with Crippen molar-refractivity contribution in [1.29, 1.82) is 0 Å². The maximum atomic E-state index is 6.50. The van der Waals surface area contributed by atoms with E-state index in [0.29, 0.717) is 12.0 Å². The average Bonchev–Trinajstić information content (AvgIpc) is 3.31. The van der Waals surface area contributed by atoms with Crippen LogP contribution in [0.5, 0.6) is 0 Å². The second-order valence-corrected chi connectivity index (χ2v) is 9.85. The van der Waals surface area contributed by atoms with Crippen molar-refractivity contribution in [3.63, 3.8) is 0 Å². The lowest BCUT2D eigenvalue weighted by Gasteiger charge is -2.37. The van der Waals surface area contributed by atoms with E-state index in [1.807, 2.05) is 12.4 Å². The summed E-state index contributed by atoms with van der Waals surface area (Å²) in [6.45, 7) is 5.10. The van der Waals surface area contributed by atoms with Crippen LogP contribution in [0, 0.1) is 17.8 Å². The lowest BCUT2D eigenvalue weighted by Crippen LogP contribution is -2.38. The second-order valence-electron chi connectivity index (χ2n) is 9.85. The van der Waals surface area contributed by atoms with E-state index >= 15 is 0 Å². The maximum absolute atomic E-state index is 6.50. The van der Waals surface area contributed by atoms with Crippen LogP contribution in [0.2, 0.25) is 0 Å². The van der Waals surface area contributed by atoms with Gasteiger partial charge in [-0.2, -0.15) is 0 Å². The summed E-state index contributed by atoms with van der Waals surface area (Å²) in [5.74, 6) is 2.21. The Bertz CT molecular complexity index is 820. The zero-order valence-electron chi connectivity index (χ0n) is 18.2. The van der Waals surface area contributed by atoms with E-state index in [1.54, 1.807) is 0 Å². The molecule has 4 atom stereocenters. The van der Waals surface area contributed by atoms with Gasteiger partial charge in [-0.05, 0) is 75.2 Å². The minimum Gasteiger partial charge on any atom is -0.376 e. The molecule has 7 nitrogen and oxygen atoms in total. The van der Waals surface area contributed by atoms with Gasteiger partial charge in [0, 0.05) is 45.2 Å². The molecule has 0 bridgehead atoms. The van der Waals surface area contributed by atoms with E-state index in [1.165, 1.54) is 24.9 Å².